The van der Waals surface area contributed by atoms with Crippen LogP contribution in [0.1, 0.15) is 94.0 Å². The quantitative estimate of drug-likeness (QED) is 0.0273. The molecule has 5 aromatic rings. The van der Waals surface area contributed by atoms with Crippen LogP contribution >= 0.6 is 21.6 Å². The number of amides is 14. The van der Waals surface area contributed by atoms with Crippen molar-refractivity contribution in [3.05, 3.63) is 173 Å². The van der Waals surface area contributed by atoms with Crippen LogP contribution in [-0.4, -0.2) is 201 Å². The summed E-state index contributed by atoms with van der Waals surface area (Å²) in [4.78, 5) is 210. The van der Waals surface area contributed by atoms with Crippen LogP contribution in [-0.2, 0) is 104 Å². The van der Waals surface area contributed by atoms with Crippen molar-refractivity contribution in [3.8, 4) is 5.75 Å². The van der Waals surface area contributed by atoms with Crippen molar-refractivity contribution in [1.82, 2.24) is 68.7 Å². The highest BCUT2D eigenvalue weighted by atomic mass is 33.1. The fourth-order valence-corrected chi connectivity index (χ4v) is 14.4. The van der Waals surface area contributed by atoms with Gasteiger partial charge in [0.15, 0.2) is 0 Å². The van der Waals surface area contributed by atoms with Gasteiger partial charge in [-0.05, 0) is 84.9 Å². The van der Waals surface area contributed by atoms with Gasteiger partial charge in [0.25, 0.3) is 0 Å². The Balaban J connectivity index is 1.13. The van der Waals surface area contributed by atoms with Crippen LogP contribution in [0.5, 0.6) is 5.75 Å². The van der Waals surface area contributed by atoms with Gasteiger partial charge in [0.05, 0.1) is 13.1 Å². The highest BCUT2D eigenvalue weighted by Crippen LogP contribution is 2.26. The number of carbonyl (C=O) groups is 15. The number of phenolic OH excluding ortho intramolecular Hbond substituents is 1. The van der Waals surface area contributed by atoms with Crippen LogP contribution in [0.2, 0.25) is 0 Å². The van der Waals surface area contributed by atoms with E-state index < -0.39 is 181 Å². The second kappa shape index (κ2) is 43.6. The minimum atomic E-state index is -1.60. The molecular formula is C77H96N14O17S2. The first kappa shape index (κ1) is 85.9. The number of phenols is 1. The Morgan fingerprint density at radius 1 is 0.536 bits per heavy atom. The fraction of sp³-hybridized carbons (Fsp3) is 0.416. The summed E-state index contributed by atoms with van der Waals surface area (Å²) < 4.78 is 0. The first-order chi connectivity index (χ1) is 52.6. The van der Waals surface area contributed by atoms with Crippen molar-refractivity contribution >= 4 is 110 Å². The first-order valence-electron chi connectivity index (χ1n) is 36.1. The molecule has 16 N–H and O–H groups in total. The Bertz CT molecular complexity index is 4020. The van der Waals surface area contributed by atoms with Gasteiger partial charge in [0.1, 0.15) is 72.2 Å². The van der Waals surface area contributed by atoms with Crippen LogP contribution in [0, 0.1) is 5.92 Å². The zero-order valence-electron chi connectivity index (χ0n) is 61.5. The topological polar surface area (TPSA) is 470 Å². The third-order valence-corrected chi connectivity index (χ3v) is 20.4. The largest absolute Gasteiger partial charge is 0.508 e. The first-order valence-corrected chi connectivity index (χ1v) is 38.6. The number of aromatic hydroxyl groups is 1. The number of nitrogens with two attached hydrogens (primary N) is 1. The Labute approximate surface area is 644 Å². The molecule has 0 aromatic heterocycles. The molecule has 110 heavy (non-hydrogen) atoms. The Morgan fingerprint density at radius 3 is 1.53 bits per heavy atom. The minimum Gasteiger partial charge on any atom is -0.508 e. The Kier molecular flexibility index (Phi) is 34.0. The molecule has 0 radical (unpaired) electrons. The summed E-state index contributed by atoms with van der Waals surface area (Å²) in [7, 11) is 2.07. The van der Waals surface area contributed by atoms with E-state index in [-0.39, 0.29) is 87.5 Å². The standard InChI is InChI=1S/C77H96N14O17S2/c1-45(2)36-56(87-72(102)57(37-48-18-9-5-10-19-48)82-65(95)42-79-47(4)92)68(98)80-43-66(96)83-58(40-52-27-29-53(93)30-28-52)73(103)89-61(41-51-24-15-8-16-25-51)76(106)91-34-17-26-63(91)75(105)85-55-33-35-109-110-44-62(77(107)108)90-74(104)60(39-50-22-13-7-14-23-50)86-67(97)46(3)81-71(101)59(38-49-20-11-6-12-21-49)88-69(99)54(84-70(55)100)31-32-64(78)94/h5-16,18-25,27-30,45-46,54-63,93H,17,26,31-44H2,1-4H3,(H2,78,94)(H,79,92)(H,80,98)(H,81,101)(H,82,95)(H,83,96)(H,84,100)(H,85,105)(H,86,97)(H,87,102)(H,88,99)(H,89,103)(H,90,104)(H,107,108)/t46-,54-,55+,56-,57-,58-,59-,60-,61-,62-,63-/m0/s1. The van der Waals surface area contributed by atoms with Gasteiger partial charge in [-0.15, -0.1) is 0 Å². The number of carboxylic acids is 1. The number of rotatable bonds is 30. The normalized spacial score (nSPS) is 19.9. The van der Waals surface area contributed by atoms with Crippen molar-refractivity contribution in [1.29, 1.82) is 0 Å². The maximum absolute atomic E-state index is 15.3. The Hall–Kier alpha value is -11.4. The molecule has 0 aliphatic carbocycles. The van der Waals surface area contributed by atoms with Crippen molar-refractivity contribution in [3.63, 3.8) is 0 Å². The minimum absolute atomic E-state index is 0.00325. The number of nitrogens with zero attached hydrogens (tertiary/aromatic N) is 1. The smallest absolute Gasteiger partial charge is 0.327 e. The average molecular weight is 1550 g/mol. The molecule has 2 saturated heterocycles. The summed E-state index contributed by atoms with van der Waals surface area (Å²) in [5, 5.41) is 52.0. The third-order valence-electron chi connectivity index (χ3n) is 17.9. The number of hydrogen-bond acceptors (Lipinski definition) is 18. The van der Waals surface area contributed by atoms with E-state index in [0.29, 0.717) is 27.8 Å². The summed E-state index contributed by atoms with van der Waals surface area (Å²) in [5.74, 6) is -13.3. The number of primary amides is 1. The highest BCUT2D eigenvalue weighted by molar-refractivity contribution is 8.76. The molecule has 2 aliphatic heterocycles. The predicted octanol–water partition coefficient (Wildman–Crippen LogP) is 0.198. The van der Waals surface area contributed by atoms with Crippen LogP contribution in [0.15, 0.2) is 146 Å². The van der Waals surface area contributed by atoms with Gasteiger partial charge in [-0.3, -0.25) is 67.1 Å². The SMILES string of the molecule is CC(=O)NCC(=O)N[C@@H](Cc1ccccc1)C(=O)N[C@@H](CC(C)C)C(=O)NCC(=O)N[C@@H](Cc1ccc(O)cc1)C(=O)N[C@@H](Cc1ccccc1)C(=O)N1CCC[C@H]1C(=O)N[C@@H]1CCSSC[C@@H](C(=O)O)NC(=O)[C@H](Cc2ccccc2)NC(=O)[C@H](C)NC(=O)[C@H](Cc2ccccc2)NC(=O)[C@H](CCC(N)=O)NC1=O. The molecule has 0 unspecified atom stereocenters. The van der Waals surface area contributed by atoms with Gasteiger partial charge >= 0.3 is 5.97 Å². The van der Waals surface area contributed by atoms with E-state index in [1.807, 2.05) is 0 Å². The number of aliphatic carboxylic acids is 1. The molecule has 0 bridgehead atoms. The van der Waals surface area contributed by atoms with Crippen LogP contribution in [0.4, 0.5) is 0 Å². The summed E-state index contributed by atoms with van der Waals surface area (Å²) in [6, 6.07) is 24.6. The molecule has 33 heteroatoms. The van der Waals surface area contributed by atoms with E-state index in [2.05, 4.69) is 63.8 Å². The van der Waals surface area contributed by atoms with Crippen molar-refractivity contribution in [2.45, 2.75) is 165 Å². The molecule has 7 rings (SSSR count). The van der Waals surface area contributed by atoms with E-state index in [1.54, 1.807) is 135 Å². The van der Waals surface area contributed by atoms with Crippen LogP contribution < -0.4 is 69.5 Å². The molecule has 31 nitrogen and oxygen atoms in total. The lowest BCUT2D eigenvalue weighted by atomic mass is 10.0. The van der Waals surface area contributed by atoms with Gasteiger partial charge in [-0.2, -0.15) is 0 Å². The zero-order chi connectivity index (χ0) is 79.8. The maximum atomic E-state index is 15.3. The summed E-state index contributed by atoms with van der Waals surface area (Å²) in [6.07, 6.45) is -1.31. The molecule has 14 amide bonds. The number of carboxylic acid groups (broad SMARTS) is 1. The molecular weight excluding hydrogens is 1460 g/mol. The number of benzene rings is 5. The van der Waals surface area contributed by atoms with Gasteiger partial charge < -0.3 is 84.6 Å². The highest BCUT2D eigenvalue weighted by Gasteiger charge is 2.41. The monoisotopic (exact) mass is 1550 g/mol. The van der Waals surface area contributed by atoms with Gasteiger partial charge in [0, 0.05) is 63.5 Å². The summed E-state index contributed by atoms with van der Waals surface area (Å²) in [6.45, 7) is 4.99. The molecule has 11 atom stereocenters. The lowest BCUT2D eigenvalue weighted by Gasteiger charge is -2.31. The Morgan fingerprint density at radius 2 is 1.01 bits per heavy atom. The lowest BCUT2D eigenvalue weighted by Crippen LogP contribution is -2.60. The van der Waals surface area contributed by atoms with E-state index in [1.165, 1.54) is 43.0 Å². The lowest BCUT2D eigenvalue weighted by molar-refractivity contribution is -0.142. The molecule has 0 spiro atoms. The molecule has 588 valence electrons. The van der Waals surface area contributed by atoms with E-state index in [9.17, 15) is 77.3 Å². The third kappa shape index (κ3) is 28.7. The predicted molar refractivity (Wildman–Crippen MR) is 409 cm³/mol. The van der Waals surface area contributed by atoms with Gasteiger partial charge in [-0.25, -0.2) is 4.79 Å². The number of likely N-dealkylation sites (tertiary alicyclic amines) is 1. The molecule has 2 aliphatic rings. The summed E-state index contributed by atoms with van der Waals surface area (Å²) in [5.41, 5.74) is 8.43. The number of nitrogens with one attached hydrogen (secondary N) is 12. The van der Waals surface area contributed by atoms with Crippen molar-refractivity contribution < 1.29 is 82.1 Å². The second-order valence-corrected chi connectivity index (χ2v) is 29.8. The fourth-order valence-electron chi connectivity index (χ4n) is 12.1. The molecule has 0 saturated carbocycles. The van der Waals surface area contributed by atoms with E-state index in [4.69, 9.17) is 5.73 Å². The number of carbonyl (C=O) groups excluding carboxylic acids is 14. The van der Waals surface area contributed by atoms with Crippen LogP contribution in [0.25, 0.3) is 0 Å². The van der Waals surface area contributed by atoms with E-state index in [0.717, 1.165) is 21.6 Å². The zero-order valence-corrected chi connectivity index (χ0v) is 63.1. The van der Waals surface area contributed by atoms with Gasteiger partial charge in [-0.1, -0.05) is 169 Å². The molecule has 5 aromatic carbocycles. The van der Waals surface area contributed by atoms with Crippen molar-refractivity contribution in [2.75, 3.05) is 31.1 Å². The maximum Gasteiger partial charge on any atom is 0.327 e. The van der Waals surface area contributed by atoms with Crippen LogP contribution in [0.3, 0.4) is 0 Å². The second-order valence-electron chi connectivity index (χ2n) is 27.2. The number of hydrogen-bond donors (Lipinski definition) is 15. The molecule has 2 fully saturated rings. The average Bonchev–Trinajstić information content (AvgIpc) is 1.60. The summed E-state index contributed by atoms with van der Waals surface area (Å²) >= 11 is 0. The molecule has 2 heterocycles. The van der Waals surface area contributed by atoms with E-state index >= 15 is 4.79 Å². The van der Waals surface area contributed by atoms with Crippen molar-refractivity contribution in [2.24, 2.45) is 11.7 Å². The van der Waals surface area contributed by atoms with Gasteiger partial charge in [0.2, 0.25) is 82.7 Å².